The fourth-order valence-electron chi connectivity index (χ4n) is 4.11. The van der Waals surface area contributed by atoms with Crippen molar-refractivity contribution in [2.24, 2.45) is 0 Å². The molecule has 3 heterocycles. The summed E-state index contributed by atoms with van der Waals surface area (Å²) in [6.45, 7) is 0.564. The molecule has 4 nitrogen and oxygen atoms in total. The van der Waals surface area contributed by atoms with Crippen molar-refractivity contribution in [2.75, 3.05) is 5.32 Å². The third-order valence-electron chi connectivity index (χ3n) is 5.32. The van der Waals surface area contributed by atoms with E-state index in [2.05, 4.69) is 21.1 Å². The van der Waals surface area contributed by atoms with Crippen LogP contribution in [0.2, 0.25) is 0 Å². The highest BCUT2D eigenvalue weighted by Crippen LogP contribution is 2.40. The van der Waals surface area contributed by atoms with Crippen molar-refractivity contribution in [2.45, 2.75) is 18.9 Å². The maximum atomic E-state index is 13.6. The van der Waals surface area contributed by atoms with Gasteiger partial charge in [-0.15, -0.1) is 0 Å². The van der Waals surface area contributed by atoms with E-state index in [1.165, 1.54) is 6.07 Å². The van der Waals surface area contributed by atoms with Crippen molar-refractivity contribution in [1.29, 1.82) is 0 Å². The number of nitrogens with one attached hydrogen (secondary N) is 1. The van der Waals surface area contributed by atoms with Crippen LogP contribution in [0.15, 0.2) is 73.2 Å². The summed E-state index contributed by atoms with van der Waals surface area (Å²) < 4.78 is 15.8. The monoisotopic (exact) mass is 371 g/mol. The molecule has 0 spiro atoms. The number of carbonyl (C=O) groups is 1. The minimum absolute atomic E-state index is 0.00203. The van der Waals surface area contributed by atoms with Crippen molar-refractivity contribution >= 4 is 22.5 Å². The Morgan fingerprint density at radius 1 is 1.11 bits per heavy atom. The van der Waals surface area contributed by atoms with Gasteiger partial charge in [0.15, 0.2) is 0 Å². The van der Waals surface area contributed by atoms with E-state index < -0.39 is 0 Å². The number of nitrogens with zero attached hydrogens (tertiary/aromatic N) is 2. The Labute approximate surface area is 161 Å². The van der Waals surface area contributed by atoms with Crippen molar-refractivity contribution in [3.8, 4) is 0 Å². The summed E-state index contributed by atoms with van der Waals surface area (Å²) in [5.41, 5.74) is 4.92. The molecule has 1 aliphatic heterocycles. The van der Waals surface area contributed by atoms with Crippen molar-refractivity contribution in [3.63, 3.8) is 0 Å². The summed E-state index contributed by atoms with van der Waals surface area (Å²) in [6.07, 6.45) is 5.98. The lowest BCUT2D eigenvalue weighted by atomic mass is 9.89. The van der Waals surface area contributed by atoms with E-state index in [9.17, 15) is 9.18 Å². The Morgan fingerprint density at radius 3 is 2.75 bits per heavy atom. The molecule has 2 aromatic carbocycles. The van der Waals surface area contributed by atoms with Crippen LogP contribution in [0.4, 0.5) is 10.1 Å². The third kappa shape index (κ3) is 2.85. The molecule has 0 radical (unpaired) electrons. The van der Waals surface area contributed by atoms with Crippen LogP contribution in [0.1, 0.15) is 29.0 Å². The molecule has 1 amide bonds. The number of rotatable bonds is 3. The van der Waals surface area contributed by atoms with Gasteiger partial charge in [0, 0.05) is 42.9 Å². The number of anilines is 1. The fourth-order valence-corrected chi connectivity index (χ4v) is 4.11. The molecule has 28 heavy (non-hydrogen) atoms. The Kier molecular flexibility index (Phi) is 3.93. The number of halogens is 1. The molecule has 4 aromatic rings. The lowest BCUT2D eigenvalue weighted by Crippen LogP contribution is -2.14. The molecule has 0 aliphatic carbocycles. The van der Waals surface area contributed by atoms with Crippen LogP contribution in [0.25, 0.3) is 10.9 Å². The summed E-state index contributed by atoms with van der Waals surface area (Å²) in [5, 5.41) is 4.09. The lowest BCUT2D eigenvalue weighted by Gasteiger charge is -2.14. The molecule has 0 unspecified atom stereocenters. The second kappa shape index (κ2) is 6.60. The maximum absolute atomic E-state index is 13.6. The normalized spacial score (nSPS) is 16.0. The molecule has 5 heteroatoms. The number of hydrogen-bond donors (Lipinski definition) is 1. The first-order valence-electron chi connectivity index (χ1n) is 9.25. The number of hydrogen-bond acceptors (Lipinski definition) is 2. The van der Waals surface area contributed by atoms with E-state index >= 15 is 0 Å². The number of aromatic nitrogens is 2. The second-order valence-corrected chi connectivity index (χ2v) is 7.13. The van der Waals surface area contributed by atoms with Crippen LogP contribution in [0.3, 0.4) is 0 Å². The first-order chi connectivity index (χ1) is 13.7. The lowest BCUT2D eigenvalue weighted by molar-refractivity contribution is -0.116. The van der Waals surface area contributed by atoms with E-state index in [0.717, 1.165) is 33.3 Å². The topological polar surface area (TPSA) is 46.9 Å². The zero-order valence-corrected chi connectivity index (χ0v) is 15.1. The SMILES string of the molecule is O=C1C[C@H](c2ccncc2)c2cn(Cc3cccc(F)c3)c3cccc(c23)N1. The van der Waals surface area contributed by atoms with Gasteiger partial charge in [0.2, 0.25) is 5.91 Å². The molecule has 2 aromatic heterocycles. The number of benzene rings is 2. The third-order valence-corrected chi connectivity index (χ3v) is 5.32. The summed E-state index contributed by atoms with van der Waals surface area (Å²) in [5.74, 6) is -0.289. The maximum Gasteiger partial charge on any atom is 0.225 e. The minimum Gasteiger partial charge on any atom is -0.343 e. The number of carbonyl (C=O) groups excluding carboxylic acids is 1. The Bertz CT molecular complexity index is 1180. The fraction of sp³-hybridized carbons (Fsp3) is 0.130. The van der Waals surface area contributed by atoms with Crippen LogP contribution in [-0.4, -0.2) is 15.5 Å². The molecule has 1 atom stereocenters. The van der Waals surface area contributed by atoms with Crippen molar-refractivity contribution in [3.05, 3.63) is 95.7 Å². The molecule has 0 fully saturated rings. The van der Waals surface area contributed by atoms with Gasteiger partial charge in [0.25, 0.3) is 0 Å². The Hall–Kier alpha value is -3.47. The van der Waals surface area contributed by atoms with E-state index in [1.807, 2.05) is 36.4 Å². The molecule has 5 rings (SSSR count). The van der Waals surface area contributed by atoms with Gasteiger partial charge < -0.3 is 9.88 Å². The van der Waals surface area contributed by atoms with E-state index in [4.69, 9.17) is 0 Å². The largest absolute Gasteiger partial charge is 0.343 e. The van der Waals surface area contributed by atoms with Gasteiger partial charge in [-0.2, -0.15) is 0 Å². The first-order valence-corrected chi connectivity index (χ1v) is 9.25. The van der Waals surface area contributed by atoms with Crippen LogP contribution in [0.5, 0.6) is 0 Å². The molecule has 0 bridgehead atoms. The van der Waals surface area contributed by atoms with Crippen LogP contribution in [-0.2, 0) is 11.3 Å². The van der Waals surface area contributed by atoms with E-state index in [-0.39, 0.29) is 17.6 Å². The van der Waals surface area contributed by atoms with E-state index in [1.54, 1.807) is 24.5 Å². The number of pyridine rings is 1. The highest BCUT2D eigenvalue weighted by atomic mass is 19.1. The average Bonchev–Trinajstić information content (AvgIpc) is 2.98. The predicted molar refractivity (Wildman–Crippen MR) is 107 cm³/mol. The molecule has 1 aliphatic rings. The minimum atomic E-state index is -0.238. The molecule has 0 saturated heterocycles. The van der Waals surface area contributed by atoms with Crippen LogP contribution < -0.4 is 5.32 Å². The Morgan fingerprint density at radius 2 is 1.93 bits per heavy atom. The van der Waals surface area contributed by atoms with E-state index in [0.29, 0.717) is 13.0 Å². The van der Waals surface area contributed by atoms with Crippen LogP contribution >= 0.6 is 0 Å². The summed E-state index contributed by atoms with van der Waals surface area (Å²) in [7, 11) is 0. The quantitative estimate of drug-likeness (QED) is 0.567. The molecule has 138 valence electrons. The van der Waals surface area contributed by atoms with Gasteiger partial charge in [-0.3, -0.25) is 9.78 Å². The zero-order valence-electron chi connectivity index (χ0n) is 15.1. The molecule has 0 saturated carbocycles. The predicted octanol–water partition coefficient (Wildman–Crippen LogP) is 4.70. The van der Waals surface area contributed by atoms with Gasteiger partial charge in [-0.25, -0.2) is 4.39 Å². The Balaban J connectivity index is 1.69. The first kappa shape index (κ1) is 16.7. The summed E-state index contributed by atoms with van der Waals surface area (Å²) >= 11 is 0. The summed E-state index contributed by atoms with van der Waals surface area (Å²) in [4.78, 5) is 16.6. The van der Waals surface area contributed by atoms with Crippen molar-refractivity contribution in [1.82, 2.24) is 9.55 Å². The number of amides is 1. The highest BCUT2D eigenvalue weighted by molar-refractivity contribution is 6.06. The standard InChI is InChI=1S/C23H18FN3O/c24-17-4-1-3-15(11-17)13-27-14-19-18(16-7-9-25-10-8-16)12-22(28)26-20-5-2-6-21(27)23(19)20/h1-11,14,18H,12-13H2,(H,26,28)/t18-/m1/s1. The van der Waals surface area contributed by atoms with Gasteiger partial charge in [-0.1, -0.05) is 18.2 Å². The summed E-state index contributed by atoms with van der Waals surface area (Å²) in [6, 6.07) is 16.5. The second-order valence-electron chi connectivity index (χ2n) is 7.13. The molecule has 1 N–H and O–H groups in total. The van der Waals surface area contributed by atoms with Crippen LogP contribution in [0, 0.1) is 5.82 Å². The van der Waals surface area contributed by atoms with Gasteiger partial charge in [-0.05, 0) is 53.1 Å². The smallest absolute Gasteiger partial charge is 0.225 e. The average molecular weight is 371 g/mol. The van der Waals surface area contributed by atoms with Gasteiger partial charge >= 0.3 is 0 Å². The molecular weight excluding hydrogens is 353 g/mol. The van der Waals surface area contributed by atoms with Crippen molar-refractivity contribution < 1.29 is 9.18 Å². The molecular formula is C23H18FN3O. The van der Waals surface area contributed by atoms with Gasteiger partial charge in [0.05, 0.1) is 11.2 Å². The highest BCUT2D eigenvalue weighted by Gasteiger charge is 2.27. The zero-order chi connectivity index (χ0) is 19.1. The van der Waals surface area contributed by atoms with Gasteiger partial charge in [0.1, 0.15) is 5.82 Å².